The topological polar surface area (TPSA) is 196 Å². The van der Waals surface area contributed by atoms with Crippen molar-refractivity contribution in [2.75, 3.05) is 83.9 Å². The van der Waals surface area contributed by atoms with Crippen LogP contribution < -0.4 is 11.1 Å². The van der Waals surface area contributed by atoms with E-state index in [4.69, 9.17) is 35.6 Å². The highest BCUT2D eigenvalue weighted by molar-refractivity contribution is 6.36. The fraction of sp³-hybridized carbons (Fsp3) is 0.333. The Morgan fingerprint density at radius 3 is 1.43 bits per heavy atom. The van der Waals surface area contributed by atoms with E-state index < -0.39 is 11.2 Å². The van der Waals surface area contributed by atoms with Crippen molar-refractivity contribution in [2.24, 2.45) is 5.73 Å². The molecule has 0 radical (unpaired) electrons. The predicted octanol–water partition coefficient (Wildman–Crippen LogP) is 11.9. The zero-order valence-corrected chi connectivity index (χ0v) is 45.4. The minimum atomic E-state index is -0.484. The summed E-state index contributed by atoms with van der Waals surface area (Å²) in [6.07, 6.45) is 2.93. The van der Waals surface area contributed by atoms with E-state index in [1.165, 1.54) is 0 Å². The minimum absolute atomic E-state index is 0.207. The quantitative estimate of drug-likeness (QED) is 0.101. The second-order valence-electron chi connectivity index (χ2n) is 20.8. The molecule has 2 aliphatic rings. The number of furan rings is 2. The van der Waals surface area contributed by atoms with E-state index in [0.717, 1.165) is 109 Å². The van der Waals surface area contributed by atoms with Crippen molar-refractivity contribution < 1.29 is 38.1 Å². The van der Waals surface area contributed by atoms with Crippen LogP contribution in [0.4, 0.5) is 15.3 Å². The molecule has 0 bridgehead atoms. The fourth-order valence-electron chi connectivity index (χ4n) is 9.04. The van der Waals surface area contributed by atoms with Crippen LogP contribution in [-0.2, 0) is 9.47 Å². The summed E-state index contributed by atoms with van der Waals surface area (Å²) >= 11 is 6.40. The maximum atomic E-state index is 12.4. The smallest absolute Gasteiger partial charge is 0.410 e. The molecule has 16 nitrogen and oxygen atoms in total. The Morgan fingerprint density at radius 2 is 0.987 bits per heavy atom. The average molecular weight is 1070 g/mol. The summed E-state index contributed by atoms with van der Waals surface area (Å²) in [5.74, 6) is 1.82. The number of pyridine rings is 2. The highest BCUT2D eigenvalue weighted by Gasteiger charge is 2.28. The molecular formula is C60H69ClN8O8. The van der Waals surface area contributed by atoms with Crippen molar-refractivity contribution in [3.05, 3.63) is 139 Å². The Balaban J connectivity index is 0.000000170. The molecule has 2 amide bonds. The summed E-state index contributed by atoms with van der Waals surface area (Å²) in [5, 5.41) is 25.2. The first-order chi connectivity index (χ1) is 36.9. The lowest BCUT2D eigenvalue weighted by Gasteiger charge is -2.35. The zero-order chi connectivity index (χ0) is 54.7. The van der Waals surface area contributed by atoms with Gasteiger partial charge in [-0.1, -0.05) is 72.3 Å². The maximum Gasteiger partial charge on any atom is 0.410 e. The number of amides is 2. The van der Waals surface area contributed by atoms with Gasteiger partial charge in [-0.05, 0) is 113 Å². The highest BCUT2D eigenvalue weighted by atomic mass is 35.5. The van der Waals surface area contributed by atoms with Gasteiger partial charge in [-0.15, -0.1) is 0 Å². The van der Waals surface area contributed by atoms with Gasteiger partial charge in [0.1, 0.15) is 34.2 Å². The highest BCUT2D eigenvalue weighted by Crippen LogP contribution is 2.45. The third-order valence-electron chi connectivity index (χ3n) is 12.8. The van der Waals surface area contributed by atoms with Gasteiger partial charge in [0.25, 0.3) is 0 Å². The van der Waals surface area contributed by atoms with Crippen molar-refractivity contribution in [3.63, 3.8) is 0 Å². The van der Waals surface area contributed by atoms with Crippen LogP contribution in [-0.4, -0.2) is 142 Å². The number of fused-ring (bicyclic) bond motifs is 2. The number of hydrogen-bond acceptors (Lipinski definition) is 14. The van der Waals surface area contributed by atoms with Crippen molar-refractivity contribution >= 4 is 51.7 Å². The largest absolute Gasteiger partial charge is 0.508 e. The molecule has 77 heavy (non-hydrogen) atoms. The summed E-state index contributed by atoms with van der Waals surface area (Å²) in [7, 11) is 0. The van der Waals surface area contributed by atoms with Crippen molar-refractivity contribution in [1.29, 1.82) is 0 Å². The van der Waals surface area contributed by atoms with E-state index in [1.807, 2.05) is 120 Å². The number of ether oxygens (including phenoxy) is 2. The predicted molar refractivity (Wildman–Crippen MR) is 304 cm³/mol. The van der Waals surface area contributed by atoms with Crippen LogP contribution in [0.5, 0.6) is 11.5 Å². The van der Waals surface area contributed by atoms with Gasteiger partial charge < -0.3 is 49.4 Å². The van der Waals surface area contributed by atoms with Crippen LogP contribution in [0.25, 0.3) is 67.1 Å². The number of benzene rings is 4. The number of piperazine rings is 2. The number of nitrogens with two attached hydrogens (primary N) is 1. The SMILES string of the molecule is CC(C)(C)OC(=O)N1CCN(CCN)CC1.CC(C)(C)OC(=O)N1CCN(CCNc2ccnc3oc(-c4ccc(O)cc4)c(-c4ccccc4)c23)CC1.Oc1ccc(-c2oc3nccc(Cl)c3c2-c2ccccc2)cc1. The molecular weight excluding hydrogens is 996 g/mol. The molecule has 17 heteroatoms. The van der Waals surface area contributed by atoms with E-state index >= 15 is 0 Å². The standard InChI is InChI=1S/C30H34N4O4.C19H12ClNO2.C11H23N3O2/c1-30(2,3)38-29(36)34-19-17-33(18-20-34)16-15-31-24-13-14-32-28-26(24)25(21-7-5-4-6-8-21)27(37-28)22-9-11-23(35)12-10-22;20-15-10-11-21-19-17(15)16(12-4-2-1-3-5-12)18(23-19)13-6-8-14(22)9-7-13;1-11(2,3)16-10(15)14-8-6-13(5-4-12)7-9-14/h4-14,35H,15-20H2,1-3H3,(H,31,32);1-11,22H;4-9,12H2,1-3H3. The number of halogens is 1. The van der Waals surface area contributed by atoms with E-state index in [1.54, 1.807) is 52.5 Å². The molecule has 0 unspecified atom stereocenters. The number of carbonyl (C=O) groups excluding carboxylic acids is 2. The molecule has 4 aromatic carbocycles. The molecule has 0 aliphatic carbocycles. The van der Waals surface area contributed by atoms with Gasteiger partial charge in [0, 0.05) is 119 Å². The fourth-order valence-corrected chi connectivity index (χ4v) is 9.27. The lowest BCUT2D eigenvalue weighted by atomic mass is 9.98. The summed E-state index contributed by atoms with van der Waals surface area (Å²) in [4.78, 5) is 41.1. The maximum absolute atomic E-state index is 12.4. The number of nitrogens with zero attached hydrogens (tertiary/aromatic N) is 6. The van der Waals surface area contributed by atoms with E-state index in [2.05, 4.69) is 37.2 Å². The monoisotopic (exact) mass is 1060 g/mol. The van der Waals surface area contributed by atoms with Gasteiger partial charge in [-0.25, -0.2) is 19.6 Å². The van der Waals surface area contributed by atoms with Gasteiger partial charge in [0.15, 0.2) is 0 Å². The molecule has 0 atom stereocenters. The van der Waals surface area contributed by atoms with Crippen molar-refractivity contribution in [1.82, 2.24) is 29.6 Å². The molecule has 0 spiro atoms. The zero-order valence-electron chi connectivity index (χ0n) is 44.7. The van der Waals surface area contributed by atoms with E-state index in [-0.39, 0.29) is 23.7 Å². The third kappa shape index (κ3) is 14.7. The van der Waals surface area contributed by atoms with Gasteiger partial charge in [0.05, 0.1) is 15.8 Å². The summed E-state index contributed by atoms with van der Waals surface area (Å²) in [6, 6.07) is 37.7. The Labute approximate surface area is 455 Å². The molecule has 4 aromatic heterocycles. The van der Waals surface area contributed by atoms with Crippen molar-refractivity contribution in [3.8, 4) is 56.4 Å². The number of hydrogen-bond donors (Lipinski definition) is 4. The number of anilines is 1. The number of nitrogens with one attached hydrogen (secondary N) is 1. The average Bonchev–Trinajstić information content (AvgIpc) is 4.02. The molecule has 2 fully saturated rings. The van der Waals surface area contributed by atoms with Crippen LogP contribution >= 0.6 is 11.6 Å². The van der Waals surface area contributed by atoms with Crippen LogP contribution in [0.15, 0.2) is 143 Å². The lowest BCUT2D eigenvalue weighted by Crippen LogP contribution is -2.50. The van der Waals surface area contributed by atoms with Gasteiger partial charge in [-0.2, -0.15) is 0 Å². The lowest BCUT2D eigenvalue weighted by molar-refractivity contribution is 0.0138. The van der Waals surface area contributed by atoms with Crippen LogP contribution in [0.1, 0.15) is 41.5 Å². The van der Waals surface area contributed by atoms with Gasteiger partial charge in [-0.3, -0.25) is 9.80 Å². The Kier molecular flexibility index (Phi) is 18.1. The Bertz CT molecular complexity index is 3190. The second-order valence-corrected chi connectivity index (χ2v) is 21.2. The van der Waals surface area contributed by atoms with Crippen molar-refractivity contribution in [2.45, 2.75) is 52.7 Å². The molecule has 5 N–H and O–H groups in total. The first-order valence-corrected chi connectivity index (χ1v) is 26.3. The molecule has 6 heterocycles. The summed E-state index contributed by atoms with van der Waals surface area (Å²) in [6.45, 7) is 20.6. The number of rotatable bonds is 10. The van der Waals surface area contributed by atoms with Gasteiger partial charge in [0.2, 0.25) is 11.4 Å². The Morgan fingerprint density at radius 1 is 0.571 bits per heavy atom. The number of phenols is 2. The van der Waals surface area contributed by atoms with E-state index in [0.29, 0.717) is 47.6 Å². The minimum Gasteiger partial charge on any atom is -0.508 e. The molecule has 0 saturated carbocycles. The molecule has 2 saturated heterocycles. The van der Waals surface area contributed by atoms with Crippen LogP contribution in [0, 0.1) is 0 Å². The molecule has 2 aliphatic heterocycles. The Hall–Kier alpha value is -7.63. The number of aromatic nitrogens is 2. The first-order valence-electron chi connectivity index (χ1n) is 26.0. The second kappa shape index (κ2) is 25.0. The van der Waals surface area contributed by atoms with Gasteiger partial charge >= 0.3 is 12.2 Å². The van der Waals surface area contributed by atoms with Crippen LogP contribution in [0.2, 0.25) is 5.02 Å². The normalized spacial score (nSPS) is 14.3. The molecule has 8 aromatic rings. The molecule has 10 rings (SSSR count). The van der Waals surface area contributed by atoms with Crippen LogP contribution in [0.3, 0.4) is 0 Å². The number of aromatic hydroxyl groups is 2. The first kappa shape index (κ1) is 55.6. The summed E-state index contributed by atoms with van der Waals surface area (Å²) in [5.41, 5.74) is 12.2. The number of carbonyl (C=O) groups is 2. The van der Waals surface area contributed by atoms with E-state index in [9.17, 15) is 19.8 Å². The summed E-state index contributed by atoms with van der Waals surface area (Å²) < 4.78 is 23.1. The third-order valence-corrected chi connectivity index (χ3v) is 13.1. The number of phenolic OH excluding ortho intramolecular Hbond substituents is 2. The molecule has 404 valence electrons.